The molecule has 8 rings (SSSR count). The summed E-state index contributed by atoms with van der Waals surface area (Å²) in [4.78, 5) is 21.8. The summed E-state index contributed by atoms with van der Waals surface area (Å²) in [5.74, 6) is 0.716. The fourth-order valence-corrected chi connectivity index (χ4v) is 8.32. The summed E-state index contributed by atoms with van der Waals surface area (Å²) in [6.45, 7) is 3.94. The third kappa shape index (κ3) is 4.31. The van der Waals surface area contributed by atoms with Gasteiger partial charge in [-0.2, -0.15) is 5.26 Å². The Balaban J connectivity index is 1.59. The SMILES string of the molecule is CSc1nc2c(F)c(-c3cccc(Cl)c3C)c(CCC#N)cc2c2c1cc([C@@H](C)n1ccncc1=O)n2C1[C@@H]2CC[C@H]1C2. The summed E-state index contributed by atoms with van der Waals surface area (Å²) in [6.07, 6.45) is 10.9. The van der Waals surface area contributed by atoms with E-state index in [4.69, 9.17) is 16.6 Å². The topological polar surface area (TPSA) is 76.5 Å². The van der Waals surface area contributed by atoms with Gasteiger partial charge in [0, 0.05) is 51.9 Å². The fourth-order valence-electron chi connectivity index (χ4n) is 7.59. The van der Waals surface area contributed by atoms with Gasteiger partial charge in [0.05, 0.1) is 23.8 Å². The van der Waals surface area contributed by atoms with Gasteiger partial charge < -0.3 is 9.13 Å². The van der Waals surface area contributed by atoms with Crippen LogP contribution in [0.4, 0.5) is 4.39 Å². The lowest BCUT2D eigenvalue weighted by Gasteiger charge is -2.39. The molecule has 2 aromatic carbocycles. The van der Waals surface area contributed by atoms with Crippen LogP contribution in [0.5, 0.6) is 0 Å². The lowest BCUT2D eigenvalue weighted by molar-refractivity contribution is 0.164. The summed E-state index contributed by atoms with van der Waals surface area (Å²) in [5.41, 5.74) is 4.86. The predicted octanol–water partition coefficient (Wildman–Crippen LogP) is 8.27. The number of aromatic nitrogens is 4. The van der Waals surface area contributed by atoms with Crippen LogP contribution in [0, 0.1) is 35.9 Å². The number of halogens is 2. The largest absolute Gasteiger partial charge is 0.338 e. The van der Waals surface area contributed by atoms with E-state index in [1.54, 1.807) is 23.0 Å². The van der Waals surface area contributed by atoms with Gasteiger partial charge in [-0.15, -0.1) is 11.8 Å². The van der Waals surface area contributed by atoms with E-state index in [2.05, 4.69) is 27.8 Å². The van der Waals surface area contributed by atoms with Crippen molar-refractivity contribution < 1.29 is 4.39 Å². The van der Waals surface area contributed by atoms with E-state index in [1.165, 1.54) is 37.2 Å². The Kier molecular flexibility index (Phi) is 7.06. The number of hydrogen-bond donors (Lipinski definition) is 0. The quantitative estimate of drug-likeness (QED) is 0.173. The molecule has 5 aromatic rings. The van der Waals surface area contributed by atoms with E-state index in [0.717, 1.165) is 38.1 Å². The minimum absolute atomic E-state index is 0.164. The minimum Gasteiger partial charge on any atom is -0.338 e. The first-order valence-corrected chi connectivity index (χ1v) is 16.3. The summed E-state index contributed by atoms with van der Waals surface area (Å²) in [5, 5.41) is 12.5. The Labute approximate surface area is 258 Å². The van der Waals surface area contributed by atoms with Crippen molar-refractivity contribution in [1.82, 2.24) is 19.1 Å². The summed E-state index contributed by atoms with van der Waals surface area (Å²) >= 11 is 8.00. The number of benzene rings is 2. The van der Waals surface area contributed by atoms with Crippen molar-refractivity contribution >= 4 is 45.2 Å². The number of pyridine rings is 1. The molecule has 218 valence electrons. The third-order valence-corrected chi connectivity index (χ3v) is 10.8. The van der Waals surface area contributed by atoms with Crippen molar-refractivity contribution in [2.75, 3.05) is 6.26 Å². The third-order valence-electron chi connectivity index (χ3n) is 9.70. The highest BCUT2D eigenvalue weighted by Crippen LogP contribution is 2.58. The molecule has 0 N–H and O–H groups in total. The highest BCUT2D eigenvalue weighted by atomic mass is 35.5. The Hall–Kier alpha value is -3.67. The van der Waals surface area contributed by atoms with Gasteiger partial charge in [0.25, 0.3) is 5.56 Å². The lowest BCUT2D eigenvalue weighted by atomic mass is 9.78. The molecule has 3 aromatic heterocycles. The smallest absolute Gasteiger partial charge is 0.269 e. The van der Waals surface area contributed by atoms with Gasteiger partial charge in [-0.1, -0.05) is 23.7 Å². The van der Waals surface area contributed by atoms with Gasteiger partial charge in [-0.3, -0.25) is 9.78 Å². The monoisotopic (exact) mass is 611 g/mol. The second-order valence-electron chi connectivity index (χ2n) is 11.8. The maximum Gasteiger partial charge on any atom is 0.269 e. The molecule has 0 radical (unpaired) electrons. The number of thioether (sulfide) groups is 1. The summed E-state index contributed by atoms with van der Waals surface area (Å²) in [7, 11) is 0. The zero-order valence-corrected chi connectivity index (χ0v) is 25.8. The van der Waals surface area contributed by atoms with Gasteiger partial charge in [-0.05, 0) is 92.5 Å². The molecular formula is C34H31ClFN5OS. The first-order chi connectivity index (χ1) is 20.8. The van der Waals surface area contributed by atoms with Crippen LogP contribution in [0.2, 0.25) is 5.02 Å². The Morgan fingerprint density at radius 2 is 2.02 bits per heavy atom. The first kappa shape index (κ1) is 28.1. The van der Waals surface area contributed by atoms with Gasteiger partial charge in [0.1, 0.15) is 10.5 Å². The minimum atomic E-state index is -0.391. The average Bonchev–Trinajstić information content (AvgIpc) is 3.74. The number of fused-ring (bicyclic) bond motifs is 4. The predicted molar refractivity (Wildman–Crippen MR) is 170 cm³/mol. The number of hydrogen-bond acceptors (Lipinski definition) is 5. The number of aryl methyl sites for hydroxylation is 1. The number of nitriles is 1. The Morgan fingerprint density at radius 1 is 1.23 bits per heavy atom. The second-order valence-corrected chi connectivity index (χ2v) is 13.0. The Bertz CT molecular complexity index is 2010. The molecule has 0 saturated heterocycles. The molecule has 3 fully saturated rings. The van der Waals surface area contributed by atoms with Crippen molar-refractivity contribution in [2.24, 2.45) is 11.8 Å². The Morgan fingerprint density at radius 3 is 2.72 bits per heavy atom. The van der Waals surface area contributed by atoms with Crippen molar-refractivity contribution in [1.29, 1.82) is 5.26 Å². The lowest BCUT2D eigenvalue weighted by Crippen LogP contribution is -2.33. The van der Waals surface area contributed by atoms with Crippen LogP contribution in [-0.2, 0) is 6.42 Å². The highest BCUT2D eigenvalue weighted by molar-refractivity contribution is 7.98. The van der Waals surface area contributed by atoms with E-state index in [9.17, 15) is 10.1 Å². The number of rotatable bonds is 7. The summed E-state index contributed by atoms with van der Waals surface area (Å²) < 4.78 is 21.1. The van der Waals surface area contributed by atoms with Crippen molar-refractivity contribution in [3.05, 3.63) is 86.9 Å². The molecule has 6 nitrogen and oxygen atoms in total. The number of nitrogens with zero attached hydrogens (tertiary/aromatic N) is 5. The van der Waals surface area contributed by atoms with E-state index >= 15 is 4.39 Å². The normalized spacial score (nSPS) is 20.0. The molecule has 4 atom stereocenters. The van der Waals surface area contributed by atoms with E-state index in [1.807, 2.05) is 32.2 Å². The fraction of sp³-hybridized carbons (Fsp3) is 0.353. The van der Waals surface area contributed by atoms with Crippen molar-refractivity contribution in [3.8, 4) is 17.2 Å². The van der Waals surface area contributed by atoms with E-state index in [-0.39, 0.29) is 24.1 Å². The van der Waals surface area contributed by atoms with Crippen LogP contribution >= 0.6 is 23.4 Å². The van der Waals surface area contributed by atoms with Crippen LogP contribution in [-0.4, -0.2) is 25.4 Å². The van der Waals surface area contributed by atoms with E-state index in [0.29, 0.717) is 39.9 Å². The molecule has 3 aliphatic rings. The average molecular weight is 612 g/mol. The standard InChI is InChI=1S/C34H31ClFN5OS/c1-18-23(7-4-8-26(18)35)29-20(6-5-11-37)15-24-31(30(29)36)39-34(43-3)25-16-27(19(2)40-13-12-38-17-28(40)42)41(33(24)25)32-21-9-10-22(32)14-21/h4,7-8,12-13,15-17,19,21-22,32H,5-6,9-10,14H2,1-3H3/t19-,21-,22+,32?/m1/s1. The molecule has 9 heteroatoms. The first-order valence-electron chi connectivity index (χ1n) is 14.7. The maximum atomic E-state index is 17.0. The molecule has 3 saturated carbocycles. The maximum absolute atomic E-state index is 17.0. The molecule has 0 aliphatic heterocycles. The zero-order valence-electron chi connectivity index (χ0n) is 24.3. The van der Waals surface area contributed by atoms with Crippen LogP contribution in [0.15, 0.2) is 58.7 Å². The summed E-state index contributed by atoms with van der Waals surface area (Å²) in [6, 6.07) is 12.0. The second kappa shape index (κ2) is 10.8. The van der Waals surface area contributed by atoms with Crippen molar-refractivity contribution in [2.45, 2.75) is 63.1 Å². The van der Waals surface area contributed by atoms with Gasteiger partial charge >= 0.3 is 0 Å². The molecule has 1 unspecified atom stereocenters. The zero-order chi connectivity index (χ0) is 30.0. The van der Waals surface area contributed by atoms with Crippen LogP contribution < -0.4 is 5.56 Å². The molecule has 3 aliphatic carbocycles. The van der Waals surface area contributed by atoms with Gasteiger partial charge in [-0.25, -0.2) is 9.37 Å². The van der Waals surface area contributed by atoms with Crippen LogP contribution in [0.25, 0.3) is 32.9 Å². The molecule has 0 amide bonds. The highest BCUT2D eigenvalue weighted by Gasteiger charge is 2.49. The molecular weight excluding hydrogens is 581 g/mol. The van der Waals surface area contributed by atoms with Gasteiger partial charge in [0.2, 0.25) is 0 Å². The van der Waals surface area contributed by atoms with Crippen LogP contribution in [0.3, 0.4) is 0 Å². The van der Waals surface area contributed by atoms with Gasteiger partial charge in [0.15, 0.2) is 5.82 Å². The molecule has 43 heavy (non-hydrogen) atoms. The van der Waals surface area contributed by atoms with E-state index < -0.39 is 5.82 Å². The van der Waals surface area contributed by atoms with Crippen molar-refractivity contribution in [3.63, 3.8) is 0 Å². The van der Waals surface area contributed by atoms with Crippen LogP contribution in [0.1, 0.15) is 61.5 Å². The molecule has 0 spiro atoms. The molecule has 2 bridgehead atoms. The molecule has 3 heterocycles.